The van der Waals surface area contributed by atoms with Gasteiger partial charge in [0.05, 0.1) is 34.3 Å². The maximum absolute atomic E-state index is 15.1. The van der Waals surface area contributed by atoms with Gasteiger partial charge < -0.3 is 15.7 Å². The zero-order valence-corrected chi connectivity index (χ0v) is 37.7. The number of alkyl halides is 8. The summed E-state index contributed by atoms with van der Waals surface area (Å²) >= 11 is 6.62. The number of rotatable bonds is 13. The van der Waals surface area contributed by atoms with Gasteiger partial charge in [-0.15, -0.1) is 0 Å². The number of hydrogen-bond acceptors (Lipinski definition) is 8. The molecule has 5 aromatic rings. The third-order valence-electron chi connectivity index (χ3n) is 10.3. The molecule has 3 N–H and O–H groups in total. The summed E-state index contributed by atoms with van der Waals surface area (Å²) < 4.78 is 170. The van der Waals surface area contributed by atoms with E-state index in [0.29, 0.717) is 15.1 Å². The fourth-order valence-electron chi connectivity index (χ4n) is 7.24. The molecule has 6 rings (SSSR count). The fraction of sp³-hybridized carbons (Fsp3) is 0.390. The van der Waals surface area contributed by atoms with Crippen LogP contribution in [0.3, 0.4) is 0 Å². The molecule has 3 heterocycles. The van der Waals surface area contributed by atoms with Crippen molar-refractivity contribution in [1.29, 1.82) is 0 Å². The van der Waals surface area contributed by atoms with Crippen molar-refractivity contribution in [2.75, 3.05) is 30.0 Å². The normalized spacial score (nSPS) is 15.1. The molecule has 0 fully saturated rings. The number of aliphatic hydroxyl groups excluding tert-OH is 1. The van der Waals surface area contributed by atoms with E-state index < -0.39 is 142 Å². The quantitative estimate of drug-likeness (QED) is 0.0820. The number of halogens is 11. The van der Waals surface area contributed by atoms with Crippen molar-refractivity contribution in [2.45, 2.75) is 75.3 Å². The van der Waals surface area contributed by atoms with Crippen LogP contribution in [-0.4, -0.2) is 86.6 Å². The average molecular weight is 1010 g/mol. The Kier molecular flexibility index (Phi) is 14.6. The zero-order valence-electron chi connectivity index (χ0n) is 35.3. The van der Waals surface area contributed by atoms with E-state index in [4.69, 9.17) is 11.6 Å². The molecule has 0 bridgehead atoms. The van der Waals surface area contributed by atoms with Gasteiger partial charge in [-0.1, -0.05) is 23.6 Å². The first kappa shape index (κ1) is 50.8. The first-order valence-electron chi connectivity index (χ1n) is 19.6. The second kappa shape index (κ2) is 19.2. The van der Waals surface area contributed by atoms with E-state index in [9.17, 15) is 58.2 Å². The molecular formula is C41H37ClF10N8O5S2. The van der Waals surface area contributed by atoms with Crippen molar-refractivity contribution in [3.8, 4) is 23.0 Å². The third kappa shape index (κ3) is 11.2. The van der Waals surface area contributed by atoms with Crippen LogP contribution < -0.4 is 14.9 Å². The largest absolute Gasteiger partial charge is 0.435 e. The minimum Gasteiger partial charge on any atom is -0.395 e. The minimum atomic E-state index is -5.19. The van der Waals surface area contributed by atoms with Crippen molar-refractivity contribution in [1.82, 2.24) is 35.2 Å². The number of nitrogens with one attached hydrogen (secondary N) is 2. The van der Waals surface area contributed by atoms with Crippen molar-refractivity contribution >= 4 is 62.0 Å². The van der Waals surface area contributed by atoms with Crippen molar-refractivity contribution in [2.24, 2.45) is 0 Å². The Balaban J connectivity index is 1.63. The SMILES string of the molecule is CS(=O)N(C(=O)NCCO)c1nn(CC(F)(F)F)c2c(-c3ccc(C#CC(C)(C)S(C)=O)nc3C(Cc3cc(F)cc(F)c3)NC(=O)Cn3nc(C(F)(F)F)c4c3C(F)(F)CC4)ccc(Cl)c12. The molecule has 3 atom stereocenters. The molecule has 2 aromatic carbocycles. The fourth-order valence-corrected chi connectivity index (χ4v) is 8.34. The number of amides is 3. The number of aliphatic hydroxyl groups is 1. The predicted molar refractivity (Wildman–Crippen MR) is 226 cm³/mol. The standard InChI is InChI=1S/C41H37ClF10N8O5S2/c1-38(2,66(3)64)11-9-24-5-6-25(26-7-8-28(42)31-33(26)59(20-40(47,48)49)57-36(31)60(67(4)65)37(63)53-13-14-61)32(54-24)29(17-21-15-22(43)18-23(44)16-21)55-30(62)19-58-35-27(10-12-39(35,45)46)34(56-58)41(50,51)52/h5-8,15-16,18,29,61H,10,12-14,17,19-20H2,1-4H3,(H,53,63)(H,55,62). The molecule has 0 saturated heterocycles. The molecule has 26 heteroatoms. The Morgan fingerprint density at radius 1 is 0.985 bits per heavy atom. The van der Waals surface area contributed by atoms with Gasteiger partial charge in [0.1, 0.15) is 51.8 Å². The monoisotopic (exact) mass is 1010 g/mol. The summed E-state index contributed by atoms with van der Waals surface area (Å²) in [5.41, 5.74) is -5.13. The number of nitrogens with zero attached hydrogens (tertiary/aromatic N) is 6. The summed E-state index contributed by atoms with van der Waals surface area (Å²) in [7, 11) is -3.90. The molecule has 360 valence electrons. The summed E-state index contributed by atoms with van der Waals surface area (Å²) in [6, 6.07) is 4.30. The van der Waals surface area contributed by atoms with Crippen LogP contribution >= 0.6 is 11.6 Å². The van der Waals surface area contributed by atoms with Crippen molar-refractivity contribution in [3.05, 3.63) is 93.0 Å². The number of aromatic nitrogens is 5. The second-order valence-corrected chi connectivity index (χ2v) is 19.1. The first-order valence-corrected chi connectivity index (χ1v) is 23.0. The molecule has 3 unspecified atom stereocenters. The van der Waals surface area contributed by atoms with Crippen LogP contribution in [-0.2, 0) is 64.6 Å². The molecule has 0 saturated carbocycles. The maximum atomic E-state index is 15.1. The van der Waals surface area contributed by atoms with Crippen LogP contribution in [0.4, 0.5) is 54.5 Å². The minimum absolute atomic E-state index is 0.135. The molecule has 13 nitrogen and oxygen atoms in total. The lowest BCUT2D eigenvalue weighted by atomic mass is 9.93. The van der Waals surface area contributed by atoms with Crippen molar-refractivity contribution < 1.29 is 67.0 Å². The summed E-state index contributed by atoms with van der Waals surface area (Å²) in [5, 5.41) is 20.7. The lowest BCUT2D eigenvalue weighted by Crippen LogP contribution is -2.42. The summed E-state index contributed by atoms with van der Waals surface area (Å²) in [6.07, 6.45) is -10.2. The highest BCUT2D eigenvalue weighted by molar-refractivity contribution is 7.86. The highest BCUT2D eigenvalue weighted by Gasteiger charge is 2.50. The van der Waals surface area contributed by atoms with E-state index >= 15 is 8.78 Å². The van der Waals surface area contributed by atoms with Gasteiger partial charge in [-0.2, -0.15) is 49.6 Å². The van der Waals surface area contributed by atoms with Crippen LogP contribution in [0.1, 0.15) is 60.2 Å². The Morgan fingerprint density at radius 3 is 2.24 bits per heavy atom. The number of benzene rings is 2. The number of carbonyl (C=O) groups excluding carboxylic acids is 2. The van der Waals surface area contributed by atoms with Gasteiger partial charge >= 0.3 is 18.4 Å². The average Bonchev–Trinajstić information content (AvgIpc) is 3.86. The number of hydrogen-bond donors (Lipinski definition) is 3. The number of fused-ring (bicyclic) bond motifs is 2. The van der Waals surface area contributed by atoms with Crippen LogP contribution in [0.2, 0.25) is 5.02 Å². The lowest BCUT2D eigenvalue weighted by Gasteiger charge is -2.23. The van der Waals surface area contributed by atoms with Crippen LogP contribution in [0.25, 0.3) is 22.0 Å². The maximum Gasteiger partial charge on any atom is 0.435 e. The van der Waals surface area contributed by atoms with Crippen molar-refractivity contribution in [3.63, 3.8) is 0 Å². The Hall–Kier alpha value is -5.58. The van der Waals surface area contributed by atoms with Crippen LogP contribution in [0.15, 0.2) is 42.5 Å². The molecule has 0 spiro atoms. The van der Waals surface area contributed by atoms with E-state index in [2.05, 4.69) is 37.7 Å². The zero-order chi connectivity index (χ0) is 49.6. The van der Waals surface area contributed by atoms with Gasteiger partial charge in [-0.05, 0) is 68.5 Å². The van der Waals surface area contributed by atoms with E-state index in [1.165, 1.54) is 44.4 Å². The number of pyridine rings is 1. The lowest BCUT2D eigenvalue weighted by molar-refractivity contribution is -0.142. The van der Waals surface area contributed by atoms with Gasteiger partial charge in [-0.25, -0.2) is 22.8 Å². The van der Waals surface area contributed by atoms with Gasteiger partial charge in [-0.3, -0.25) is 18.4 Å². The molecule has 3 amide bonds. The van der Waals surface area contributed by atoms with E-state index in [1.54, 1.807) is 0 Å². The second-order valence-electron chi connectivity index (χ2n) is 15.6. The predicted octanol–water partition coefficient (Wildman–Crippen LogP) is 7.26. The Labute approximate surface area is 384 Å². The van der Waals surface area contributed by atoms with Gasteiger partial charge in [0.15, 0.2) is 11.5 Å². The molecule has 67 heavy (non-hydrogen) atoms. The first-order chi connectivity index (χ1) is 31.1. The molecule has 1 aliphatic carbocycles. The highest BCUT2D eigenvalue weighted by atomic mass is 35.5. The Morgan fingerprint density at radius 2 is 1.64 bits per heavy atom. The molecule has 0 radical (unpaired) electrons. The van der Waals surface area contributed by atoms with Gasteiger partial charge in [0.2, 0.25) is 5.91 Å². The van der Waals surface area contributed by atoms with Gasteiger partial charge in [0, 0.05) is 59.0 Å². The van der Waals surface area contributed by atoms with E-state index in [-0.39, 0.29) is 49.7 Å². The molecule has 3 aromatic heterocycles. The van der Waals surface area contributed by atoms with E-state index in [1.807, 2.05) is 0 Å². The number of anilines is 1. The summed E-state index contributed by atoms with van der Waals surface area (Å²) in [6.45, 7) is -1.00. The Bertz CT molecular complexity index is 2860. The number of urea groups is 1. The smallest absolute Gasteiger partial charge is 0.395 e. The molecule has 0 aliphatic heterocycles. The molecular weight excluding hydrogens is 974 g/mol. The summed E-state index contributed by atoms with van der Waals surface area (Å²) in [4.78, 5) is 31.9. The molecule has 1 aliphatic rings. The topological polar surface area (TPSA) is 164 Å². The summed E-state index contributed by atoms with van der Waals surface area (Å²) in [5.74, 6) is -2.42. The number of carbonyl (C=O) groups is 2. The van der Waals surface area contributed by atoms with Crippen LogP contribution in [0.5, 0.6) is 0 Å². The van der Waals surface area contributed by atoms with Gasteiger partial charge in [0.25, 0.3) is 5.92 Å². The van der Waals surface area contributed by atoms with Crippen LogP contribution in [0, 0.1) is 23.5 Å². The highest BCUT2D eigenvalue weighted by Crippen LogP contribution is 2.47. The third-order valence-corrected chi connectivity index (χ3v) is 13.0. The van der Waals surface area contributed by atoms with E-state index in [0.717, 1.165) is 18.4 Å².